The van der Waals surface area contributed by atoms with Crippen molar-refractivity contribution in [2.75, 3.05) is 33.2 Å². The van der Waals surface area contributed by atoms with Crippen molar-refractivity contribution in [2.24, 2.45) is 4.99 Å². The van der Waals surface area contributed by atoms with Gasteiger partial charge in [-0.2, -0.15) is 5.26 Å². The van der Waals surface area contributed by atoms with Crippen LogP contribution in [0.5, 0.6) is 5.75 Å². The van der Waals surface area contributed by atoms with Gasteiger partial charge in [0.25, 0.3) is 0 Å². The van der Waals surface area contributed by atoms with Crippen LogP contribution in [0.15, 0.2) is 48.0 Å². The summed E-state index contributed by atoms with van der Waals surface area (Å²) >= 11 is 0. The number of benzene rings is 2. The molecule has 8 heteroatoms. The van der Waals surface area contributed by atoms with Gasteiger partial charge >= 0.3 is 6.03 Å². The second-order valence-electron chi connectivity index (χ2n) is 9.32. The van der Waals surface area contributed by atoms with E-state index in [9.17, 15) is 10.1 Å². The second kappa shape index (κ2) is 11.3. The molecule has 1 heterocycles. The van der Waals surface area contributed by atoms with Gasteiger partial charge in [0.1, 0.15) is 17.7 Å². The monoisotopic (exact) mass is 486 g/mol. The number of amides is 2. The van der Waals surface area contributed by atoms with E-state index in [-0.39, 0.29) is 18.2 Å². The number of rotatable bonds is 6. The Balaban J connectivity index is 1.50. The Bertz CT molecular complexity index is 1210. The minimum absolute atomic E-state index is 0.00571. The molecule has 0 saturated carbocycles. The van der Waals surface area contributed by atoms with E-state index in [1.807, 2.05) is 36.9 Å². The predicted molar refractivity (Wildman–Crippen MR) is 142 cm³/mol. The molecule has 1 fully saturated rings. The van der Waals surface area contributed by atoms with Gasteiger partial charge in [-0.05, 0) is 61.6 Å². The van der Waals surface area contributed by atoms with Crippen LogP contribution < -0.4 is 20.7 Å². The Morgan fingerprint density at radius 3 is 2.75 bits per heavy atom. The molecule has 0 bridgehead atoms. The lowest BCUT2D eigenvalue weighted by Gasteiger charge is -2.29. The second-order valence-corrected chi connectivity index (χ2v) is 9.32. The predicted octanol–water partition coefficient (Wildman–Crippen LogP) is 3.58. The van der Waals surface area contributed by atoms with E-state index in [0.29, 0.717) is 22.8 Å². The summed E-state index contributed by atoms with van der Waals surface area (Å²) in [5, 5.41) is 19.4. The summed E-state index contributed by atoms with van der Waals surface area (Å²) in [5.74, 6) is 1.26. The number of hydrogen-bond donors (Lipinski definition) is 3. The molecule has 0 aromatic heterocycles. The molecule has 4 rings (SSSR count). The first-order valence-electron chi connectivity index (χ1n) is 12.4. The lowest BCUT2D eigenvalue weighted by Crippen LogP contribution is -2.50. The zero-order valence-corrected chi connectivity index (χ0v) is 21.2. The zero-order chi connectivity index (χ0) is 25.7. The molecule has 0 spiro atoms. The third-order valence-electron chi connectivity index (χ3n) is 6.53. The van der Waals surface area contributed by atoms with Crippen LogP contribution in [-0.4, -0.2) is 56.1 Å². The molecule has 2 aromatic carbocycles. The minimum Gasteiger partial charge on any atom is -0.490 e. The molecule has 1 aliphatic carbocycles. The highest BCUT2D eigenvalue weighted by Crippen LogP contribution is 2.34. The summed E-state index contributed by atoms with van der Waals surface area (Å²) in [7, 11) is 1.74. The molecule has 2 aliphatic rings. The topological polar surface area (TPSA) is 102 Å². The Morgan fingerprint density at radius 2 is 2.06 bits per heavy atom. The maximum Gasteiger partial charge on any atom is 0.317 e. The van der Waals surface area contributed by atoms with Gasteiger partial charge in [-0.25, -0.2) is 4.79 Å². The molecule has 1 atom stereocenters. The molecule has 188 valence electrons. The van der Waals surface area contributed by atoms with Crippen molar-refractivity contribution >= 4 is 17.6 Å². The lowest BCUT2D eigenvalue weighted by molar-refractivity contribution is 0.186. The minimum atomic E-state index is -0.0197. The Morgan fingerprint density at radius 1 is 1.28 bits per heavy atom. The van der Waals surface area contributed by atoms with Crippen molar-refractivity contribution in [2.45, 2.75) is 38.8 Å². The maximum absolute atomic E-state index is 12.8. The number of aliphatic imine (C=N–C) groups is 1. The van der Waals surface area contributed by atoms with Crippen molar-refractivity contribution in [3.63, 3.8) is 0 Å². The third kappa shape index (κ3) is 5.52. The number of ether oxygens (including phenoxy) is 1. The van der Waals surface area contributed by atoms with Gasteiger partial charge in [-0.1, -0.05) is 24.8 Å². The van der Waals surface area contributed by atoms with Gasteiger partial charge in [0, 0.05) is 44.5 Å². The van der Waals surface area contributed by atoms with Crippen molar-refractivity contribution in [1.82, 2.24) is 20.9 Å². The van der Waals surface area contributed by atoms with E-state index in [1.54, 1.807) is 19.2 Å². The van der Waals surface area contributed by atoms with Crippen LogP contribution >= 0.6 is 0 Å². The van der Waals surface area contributed by atoms with Crippen LogP contribution in [0, 0.1) is 11.3 Å². The maximum atomic E-state index is 12.8. The number of hydrogen-bond acceptors (Lipinski definition) is 5. The number of urea groups is 1. The number of carbonyl (C=O) groups is 1. The first kappa shape index (κ1) is 25.3. The van der Waals surface area contributed by atoms with E-state index in [1.165, 1.54) is 5.56 Å². The molecule has 0 radical (unpaired) electrons. The molecule has 2 amide bonds. The zero-order valence-electron chi connectivity index (χ0n) is 21.2. The molecule has 8 nitrogen and oxygen atoms in total. The molecule has 3 N–H and O–H groups in total. The highest BCUT2D eigenvalue weighted by atomic mass is 16.5. The molecule has 2 aromatic rings. The molecule has 1 saturated heterocycles. The van der Waals surface area contributed by atoms with Crippen LogP contribution in [0.25, 0.3) is 5.70 Å². The fourth-order valence-electron chi connectivity index (χ4n) is 4.75. The van der Waals surface area contributed by atoms with Gasteiger partial charge in [0.2, 0.25) is 0 Å². The highest BCUT2D eigenvalue weighted by Gasteiger charge is 2.29. The Kier molecular flexibility index (Phi) is 7.91. The number of amidine groups is 1. The summed E-state index contributed by atoms with van der Waals surface area (Å²) in [6.45, 7) is 11.2. The summed E-state index contributed by atoms with van der Waals surface area (Å²) in [5.41, 5.74) is 5.20. The first-order chi connectivity index (χ1) is 17.4. The van der Waals surface area contributed by atoms with Crippen LogP contribution in [0.1, 0.15) is 54.1 Å². The number of nitrogens with one attached hydrogen (secondary N) is 3. The molecule has 1 aliphatic heterocycles. The van der Waals surface area contributed by atoms with E-state index in [0.717, 1.165) is 55.7 Å². The van der Waals surface area contributed by atoms with Crippen LogP contribution in [0.2, 0.25) is 0 Å². The van der Waals surface area contributed by atoms with Gasteiger partial charge < -0.3 is 25.6 Å². The first-order valence-corrected chi connectivity index (χ1v) is 12.4. The summed E-state index contributed by atoms with van der Waals surface area (Å²) in [4.78, 5) is 19.2. The smallest absolute Gasteiger partial charge is 0.317 e. The van der Waals surface area contributed by atoms with Crippen molar-refractivity contribution in [3.05, 3.63) is 70.8 Å². The number of nitriles is 1. The summed E-state index contributed by atoms with van der Waals surface area (Å²) in [6, 6.07) is 13.8. The van der Waals surface area contributed by atoms with E-state index in [4.69, 9.17) is 4.74 Å². The number of fused-ring (bicyclic) bond motifs is 1. The lowest BCUT2D eigenvalue weighted by atomic mass is 10.0. The van der Waals surface area contributed by atoms with Gasteiger partial charge in [-0.3, -0.25) is 4.99 Å². The van der Waals surface area contributed by atoms with Gasteiger partial charge in [0.05, 0.1) is 17.7 Å². The highest BCUT2D eigenvalue weighted by molar-refractivity contribution is 6.04. The number of piperazine rings is 1. The quantitative estimate of drug-likeness (QED) is 0.428. The summed E-state index contributed by atoms with van der Waals surface area (Å²) < 4.78 is 5.74. The van der Waals surface area contributed by atoms with Crippen LogP contribution in [0.4, 0.5) is 4.79 Å². The van der Waals surface area contributed by atoms with Gasteiger partial charge in [0.15, 0.2) is 0 Å². The Labute approximate surface area is 213 Å². The van der Waals surface area contributed by atoms with Gasteiger partial charge in [-0.15, -0.1) is 0 Å². The van der Waals surface area contributed by atoms with E-state index < -0.39 is 0 Å². The molecular formula is C28H34N6O2. The SMILES string of the molecule is C=C(NC(=NC)c1cccc2c1CCC2NC(=O)N1CCNCC1)c1ccc(OC(C)C)c(C#N)c1. The largest absolute Gasteiger partial charge is 0.490 e. The molecular weight excluding hydrogens is 452 g/mol. The molecule has 1 unspecified atom stereocenters. The molecule has 36 heavy (non-hydrogen) atoms. The fourth-order valence-corrected chi connectivity index (χ4v) is 4.75. The van der Waals surface area contributed by atoms with Crippen molar-refractivity contribution in [1.29, 1.82) is 5.26 Å². The Hall–Kier alpha value is -3.83. The van der Waals surface area contributed by atoms with Crippen LogP contribution in [-0.2, 0) is 6.42 Å². The average molecular weight is 487 g/mol. The van der Waals surface area contributed by atoms with Crippen LogP contribution in [0.3, 0.4) is 0 Å². The van der Waals surface area contributed by atoms with Crippen molar-refractivity contribution in [3.8, 4) is 11.8 Å². The third-order valence-corrected chi connectivity index (χ3v) is 6.53. The summed E-state index contributed by atoms with van der Waals surface area (Å²) in [6.07, 6.45) is 1.68. The van der Waals surface area contributed by atoms with Crippen molar-refractivity contribution < 1.29 is 9.53 Å². The number of carbonyl (C=O) groups excluding carboxylic acids is 1. The van der Waals surface area contributed by atoms with E-state index in [2.05, 4.69) is 39.7 Å². The number of nitrogens with zero attached hydrogens (tertiary/aromatic N) is 3. The average Bonchev–Trinajstić information content (AvgIpc) is 3.30. The fraction of sp³-hybridized carbons (Fsp3) is 0.393. The van der Waals surface area contributed by atoms with E-state index >= 15 is 0 Å². The standard InChI is InChI=1S/C28H34N6O2/c1-18(2)36-26-11-8-20(16-21(26)17-29)19(3)32-27(30-4)24-7-5-6-23-22(24)9-10-25(23)33-28(35)34-14-12-31-13-15-34/h5-8,11,16,18,25,31H,3,9-10,12-15H2,1-2,4H3,(H,30,32)(H,33,35). The normalized spacial score (nSPS) is 17.4.